The summed E-state index contributed by atoms with van der Waals surface area (Å²) in [5, 5.41) is 13.7. The van der Waals surface area contributed by atoms with Crippen LogP contribution in [0, 0.1) is 0 Å². The summed E-state index contributed by atoms with van der Waals surface area (Å²) in [6.45, 7) is 12.9. The van der Waals surface area contributed by atoms with Gasteiger partial charge in [-0.2, -0.15) is 0 Å². The van der Waals surface area contributed by atoms with E-state index in [1.54, 1.807) is 6.92 Å². The zero-order valence-corrected chi connectivity index (χ0v) is 36.1. The van der Waals surface area contributed by atoms with Gasteiger partial charge in [0.25, 0.3) is 0 Å². The molecule has 7 heteroatoms. The van der Waals surface area contributed by atoms with Crippen molar-refractivity contribution in [1.82, 2.24) is 10.2 Å². The van der Waals surface area contributed by atoms with Gasteiger partial charge in [0.15, 0.2) is 6.29 Å². The Morgan fingerprint density at radius 2 is 0.943 bits per heavy atom. The van der Waals surface area contributed by atoms with Gasteiger partial charge in [-0.25, -0.2) is 0 Å². The number of ether oxygens (including phenoxy) is 2. The summed E-state index contributed by atoms with van der Waals surface area (Å²) in [6.07, 6.45) is 38.3. The van der Waals surface area contributed by atoms with E-state index in [9.17, 15) is 14.7 Å². The first-order valence-electron chi connectivity index (χ1n) is 23.4. The number of esters is 1. The van der Waals surface area contributed by atoms with Crippen molar-refractivity contribution in [1.29, 1.82) is 0 Å². The summed E-state index contributed by atoms with van der Waals surface area (Å²) in [4.78, 5) is 25.9. The highest BCUT2D eigenvalue weighted by Gasteiger charge is 2.15. The molecular weight excluding hydrogens is 661 g/mol. The van der Waals surface area contributed by atoms with Crippen molar-refractivity contribution < 1.29 is 24.2 Å². The van der Waals surface area contributed by atoms with Gasteiger partial charge in [-0.15, -0.1) is 0 Å². The van der Waals surface area contributed by atoms with Crippen molar-refractivity contribution >= 4 is 11.9 Å². The molecule has 1 amide bonds. The fourth-order valence-corrected chi connectivity index (χ4v) is 7.24. The number of carbonyl (C=O) groups is 2. The predicted octanol–water partition coefficient (Wildman–Crippen LogP) is 12.6. The van der Waals surface area contributed by atoms with E-state index >= 15 is 0 Å². The average Bonchev–Trinajstić information content (AvgIpc) is 3.14. The molecule has 1 atom stereocenters. The summed E-state index contributed by atoms with van der Waals surface area (Å²) in [6, 6.07) is 0. The Labute approximate surface area is 330 Å². The highest BCUT2D eigenvalue weighted by molar-refractivity contribution is 5.72. The van der Waals surface area contributed by atoms with Crippen LogP contribution in [0.5, 0.6) is 0 Å². The number of unbranched alkanes of at least 4 members (excludes halogenated alkanes) is 23. The third kappa shape index (κ3) is 40.3. The number of amides is 1. The predicted molar refractivity (Wildman–Crippen MR) is 226 cm³/mol. The molecule has 0 aliphatic carbocycles. The summed E-state index contributed by atoms with van der Waals surface area (Å²) in [7, 11) is 0. The van der Waals surface area contributed by atoms with Crippen LogP contribution in [-0.4, -0.2) is 67.1 Å². The molecule has 0 aromatic heterocycles. The van der Waals surface area contributed by atoms with Crippen LogP contribution in [0.2, 0.25) is 0 Å². The summed E-state index contributed by atoms with van der Waals surface area (Å²) >= 11 is 0. The number of aliphatic hydroxyl groups is 1. The van der Waals surface area contributed by atoms with Crippen LogP contribution >= 0.6 is 0 Å². The number of hydrogen-bond acceptors (Lipinski definition) is 6. The van der Waals surface area contributed by atoms with Gasteiger partial charge >= 0.3 is 5.97 Å². The van der Waals surface area contributed by atoms with E-state index in [0.717, 1.165) is 90.4 Å². The van der Waals surface area contributed by atoms with Gasteiger partial charge in [0.05, 0.1) is 12.7 Å². The topological polar surface area (TPSA) is 88.1 Å². The van der Waals surface area contributed by atoms with Crippen molar-refractivity contribution in [3.8, 4) is 0 Å². The molecule has 0 fully saturated rings. The first-order chi connectivity index (χ1) is 25.9. The number of hydrogen-bond donors (Lipinski definition) is 2. The maximum absolute atomic E-state index is 12.0. The Morgan fingerprint density at radius 1 is 0.528 bits per heavy atom. The van der Waals surface area contributed by atoms with E-state index < -0.39 is 6.29 Å². The highest BCUT2D eigenvalue weighted by Crippen LogP contribution is 2.20. The zero-order chi connectivity index (χ0) is 38.9. The van der Waals surface area contributed by atoms with Gasteiger partial charge in [0.2, 0.25) is 5.91 Å². The maximum atomic E-state index is 12.0. The smallest absolute Gasteiger partial charge is 0.305 e. The van der Waals surface area contributed by atoms with Crippen molar-refractivity contribution in [2.24, 2.45) is 0 Å². The number of carbonyl (C=O) groups excluding carboxylic acids is 2. The Hall–Kier alpha value is -1.18. The molecule has 53 heavy (non-hydrogen) atoms. The van der Waals surface area contributed by atoms with Crippen LogP contribution in [0.3, 0.4) is 0 Å². The summed E-state index contributed by atoms with van der Waals surface area (Å²) in [5.74, 6) is 0.0177. The third-order valence-corrected chi connectivity index (χ3v) is 10.7. The van der Waals surface area contributed by atoms with E-state index in [2.05, 4.69) is 31.0 Å². The molecule has 316 valence electrons. The van der Waals surface area contributed by atoms with Crippen molar-refractivity contribution in [2.75, 3.05) is 32.8 Å². The van der Waals surface area contributed by atoms with Crippen LogP contribution in [-0.2, 0) is 19.1 Å². The van der Waals surface area contributed by atoms with E-state index in [-0.39, 0.29) is 18.0 Å². The van der Waals surface area contributed by atoms with Crippen LogP contribution in [0.15, 0.2) is 0 Å². The first-order valence-corrected chi connectivity index (χ1v) is 23.4. The van der Waals surface area contributed by atoms with Crippen LogP contribution in [0.4, 0.5) is 0 Å². The largest absolute Gasteiger partial charge is 0.466 e. The second kappa shape index (κ2) is 42.0. The molecule has 0 aromatic rings. The second-order valence-electron chi connectivity index (χ2n) is 16.1. The second-order valence-corrected chi connectivity index (χ2v) is 16.1. The number of nitrogens with zero attached hydrogens (tertiary/aromatic N) is 1. The normalized spacial score (nSPS) is 12.2. The molecule has 0 bridgehead atoms. The molecule has 2 N–H and O–H groups in total. The van der Waals surface area contributed by atoms with E-state index in [4.69, 9.17) is 9.47 Å². The van der Waals surface area contributed by atoms with Crippen molar-refractivity contribution in [3.63, 3.8) is 0 Å². The molecule has 0 radical (unpaired) electrons. The molecular formula is C46H92N2O5. The molecule has 0 aliphatic heterocycles. The number of rotatable bonds is 43. The first kappa shape index (κ1) is 51.8. The Morgan fingerprint density at radius 3 is 1.45 bits per heavy atom. The molecule has 7 nitrogen and oxygen atoms in total. The van der Waals surface area contributed by atoms with Crippen molar-refractivity contribution in [3.05, 3.63) is 0 Å². The van der Waals surface area contributed by atoms with Gasteiger partial charge in [-0.3, -0.25) is 9.59 Å². The summed E-state index contributed by atoms with van der Waals surface area (Å²) in [5.41, 5.74) is 0. The van der Waals surface area contributed by atoms with E-state index in [1.165, 1.54) is 141 Å². The quantitative estimate of drug-likeness (QED) is 0.0366. The summed E-state index contributed by atoms with van der Waals surface area (Å²) < 4.78 is 11.7. The lowest BCUT2D eigenvalue weighted by molar-refractivity contribution is -0.144. The molecule has 1 unspecified atom stereocenters. The standard InChI is InChI=1S/C46H92N2O5/c1-5-8-11-14-19-26-34-44(35-27-20-15-12-9-6-2)53-46(51)37-29-22-18-24-31-40-48(41-33-38-47-43(4)49)39-30-23-17-21-28-36-45(50)52-42-32-25-16-13-10-7-3/h44,46,51H,5-42H2,1-4H3,(H,47,49). The molecule has 0 spiro atoms. The maximum Gasteiger partial charge on any atom is 0.305 e. The lowest BCUT2D eigenvalue weighted by Gasteiger charge is -2.23. The third-order valence-electron chi connectivity index (χ3n) is 10.7. The molecule has 0 rings (SSSR count). The van der Waals surface area contributed by atoms with Crippen molar-refractivity contribution in [2.45, 2.75) is 252 Å². The zero-order valence-electron chi connectivity index (χ0n) is 36.1. The average molecular weight is 753 g/mol. The number of nitrogens with one attached hydrogen (secondary N) is 1. The van der Waals surface area contributed by atoms with Gasteiger partial charge in [-0.1, -0.05) is 168 Å². The highest BCUT2D eigenvalue weighted by atomic mass is 16.6. The minimum absolute atomic E-state index is 0.0281. The van der Waals surface area contributed by atoms with Crippen LogP contribution in [0.1, 0.15) is 240 Å². The molecule has 0 aromatic carbocycles. The van der Waals surface area contributed by atoms with E-state index in [0.29, 0.717) is 13.0 Å². The van der Waals surface area contributed by atoms with Gasteiger partial charge in [0.1, 0.15) is 0 Å². The Balaban J connectivity index is 4.24. The van der Waals surface area contributed by atoms with Crippen LogP contribution < -0.4 is 5.32 Å². The molecule has 0 saturated carbocycles. The SMILES string of the molecule is CCCCCCCCOC(=O)CCCCCCCN(CCCCCCCC(O)OC(CCCCCCCC)CCCCCCCC)CCCNC(C)=O. The fourth-order valence-electron chi connectivity index (χ4n) is 7.24. The lowest BCUT2D eigenvalue weighted by atomic mass is 10.0. The monoisotopic (exact) mass is 753 g/mol. The molecule has 0 saturated heterocycles. The van der Waals surface area contributed by atoms with Gasteiger partial charge in [-0.05, 0) is 77.4 Å². The number of aliphatic hydroxyl groups excluding tert-OH is 1. The minimum Gasteiger partial charge on any atom is -0.466 e. The van der Waals surface area contributed by atoms with Crippen LogP contribution in [0.25, 0.3) is 0 Å². The lowest BCUT2D eigenvalue weighted by Crippen LogP contribution is -2.30. The Kier molecular flexibility index (Phi) is 41.0. The van der Waals surface area contributed by atoms with Gasteiger partial charge in [0, 0.05) is 19.9 Å². The fraction of sp³-hybridized carbons (Fsp3) is 0.957. The van der Waals surface area contributed by atoms with E-state index in [1.807, 2.05) is 0 Å². The molecule has 0 aliphatic rings. The molecule has 0 heterocycles. The Bertz CT molecular complexity index is 750. The van der Waals surface area contributed by atoms with Gasteiger partial charge < -0.3 is 24.8 Å². The minimum atomic E-state index is -0.622.